The van der Waals surface area contributed by atoms with Crippen molar-refractivity contribution in [3.8, 4) is 0 Å². The lowest BCUT2D eigenvalue weighted by molar-refractivity contribution is -0.111. The summed E-state index contributed by atoms with van der Waals surface area (Å²) >= 11 is 0. The van der Waals surface area contributed by atoms with Gasteiger partial charge in [-0.2, -0.15) is 0 Å². The molecule has 0 rings (SSSR count). The highest BCUT2D eigenvalue weighted by molar-refractivity contribution is 5.71. The number of urea groups is 1. The predicted molar refractivity (Wildman–Crippen MR) is 36.4 cm³/mol. The molecule has 3 N–H and O–H groups in total. The van der Waals surface area contributed by atoms with Crippen LogP contribution in [0.1, 0.15) is 0 Å². The number of aldehydes is 2. The fourth-order valence-corrected chi connectivity index (χ4v) is 0.502. The molecule has 6 nitrogen and oxygen atoms in total. The van der Waals surface area contributed by atoms with E-state index in [-0.39, 0.29) is 13.1 Å². The monoisotopic (exact) mass is 159 g/mol. The molecule has 0 aromatic heterocycles. The predicted octanol–water partition coefficient (Wildman–Crippen LogP) is -1.73. The summed E-state index contributed by atoms with van der Waals surface area (Å²) in [5.41, 5.74) is 6.82. The lowest BCUT2D eigenvalue weighted by Crippen LogP contribution is -2.46. The molecular weight excluding hydrogens is 150 g/mol. The van der Waals surface area contributed by atoms with Crippen LogP contribution in [-0.4, -0.2) is 36.7 Å². The molecule has 0 aliphatic heterocycles. The number of hydrogen-bond donors (Lipinski definition) is 2. The number of carbonyl (C=O) groups excluding carboxylic acids is 3. The van der Waals surface area contributed by atoms with Gasteiger partial charge in [-0.05, 0) is 0 Å². The van der Waals surface area contributed by atoms with Gasteiger partial charge in [-0.3, -0.25) is 5.43 Å². The number of hydrazine groups is 1. The fraction of sp³-hybridized carbons (Fsp3) is 0.400. The molecule has 0 unspecified atom stereocenters. The Morgan fingerprint density at radius 2 is 1.82 bits per heavy atom. The van der Waals surface area contributed by atoms with Gasteiger partial charge in [0.25, 0.3) is 0 Å². The molecule has 62 valence electrons. The molecule has 0 aromatic carbocycles. The number of hydrogen-bond acceptors (Lipinski definition) is 4. The molecule has 0 fully saturated rings. The molecule has 0 aliphatic carbocycles. The summed E-state index contributed by atoms with van der Waals surface area (Å²) in [4.78, 5) is 30.0. The highest BCUT2D eigenvalue weighted by Crippen LogP contribution is 1.75. The van der Waals surface area contributed by atoms with Crippen molar-refractivity contribution in [1.29, 1.82) is 0 Å². The van der Waals surface area contributed by atoms with Gasteiger partial charge in [0.05, 0.1) is 13.1 Å². The number of nitrogens with one attached hydrogen (secondary N) is 1. The van der Waals surface area contributed by atoms with Gasteiger partial charge in [0, 0.05) is 0 Å². The second-order valence-corrected chi connectivity index (χ2v) is 1.71. The summed E-state index contributed by atoms with van der Waals surface area (Å²) < 4.78 is 0. The summed E-state index contributed by atoms with van der Waals surface area (Å²) in [6.45, 7) is -0.108. The highest BCUT2D eigenvalue weighted by atomic mass is 16.2. The van der Waals surface area contributed by atoms with Crippen LogP contribution in [0.5, 0.6) is 0 Å². The maximum atomic E-state index is 10.2. The first-order chi connectivity index (χ1) is 5.20. The van der Waals surface area contributed by atoms with Crippen molar-refractivity contribution in [2.24, 2.45) is 5.73 Å². The summed E-state index contributed by atoms with van der Waals surface area (Å²) in [6, 6.07) is -0.797. The van der Waals surface area contributed by atoms with Crippen LogP contribution < -0.4 is 11.2 Å². The SMILES string of the molecule is NC(=O)NN(CC=O)CC=O. The average Bonchev–Trinajstić information content (AvgIpc) is 1.87. The second-order valence-electron chi connectivity index (χ2n) is 1.71. The van der Waals surface area contributed by atoms with Crippen LogP contribution in [0.25, 0.3) is 0 Å². The number of rotatable bonds is 5. The molecule has 0 spiro atoms. The zero-order valence-corrected chi connectivity index (χ0v) is 5.82. The minimum atomic E-state index is -0.797. The Morgan fingerprint density at radius 1 is 1.36 bits per heavy atom. The quantitative estimate of drug-likeness (QED) is 0.368. The van der Waals surface area contributed by atoms with Crippen LogP contribution in [0.3, 0.4) is 0 Å². The van der Waals surface area contributed by atoms with Crippen LogP contribution in [0.15, 0.2) is 0 Å². The topological polar surface area (TPSA) is 92.5 Å². The first kappa shape index (κ1) is 9.57. The molecule has 0 radical (unpaired) electrons. The second kappa shape index (κ2) is 5.36. The first-order valence-electron chi connectivity index (χ1n) is 2.89. The first-order valence-corrected chi connectivity index (χ1v) is 2.89. The molecule has 0 aromatic rings. The molecule has 0 bridgehead atoms. The number of primary amides is 1. The van der Waals surface area contributed by atoms with Crippen molar-refractivity contribution in [2.45, 2.75) is 0 Å². The Kier molecular flexibility index (Phi) is 4.67. The normalized spacial score (nSPS) is 9.18. The minimum absolute atomic E-state index is 0.0539. The van der Waals surface area contributed by atoms with Gasteiger partial charge in [-0.1, -0.05) is 0 Å². The lowest BCUT2D eigenvalue weighted by atomic mass is 10.6. The van der Waals surface area contributed by atoms with E-state index >= 15 is 0 Å². The average molecular weight is 159 g/mol. The molecule has 0 aliphatic rings. The van der Waals surface area contributed by atoms with Gasteiger partial charge in [0.1, 0.15) is 12.6 Å². The van der Waals surface area contributed by atoms with Crippen molar-refractivity contribution >= 4 is 18.6 Å². The van der Waals surface area contributed by atoms with Gasteiger partial charge in [0.15, 0.2) is 0 Å². The smallest absolute Gasteiger partial charge is 0.326 e. The van der Waals surface area contributed by atoms with E-state index in [4.69, 9.17) is 5.73 Å². The molecule has 0 saturated carbocycles. The molecule has 2 amide bonds. The molecular formula is C5H9N3O3. The van der Waals surface area contributed by atoms with E-state index in [1.807, 2.05) is 0 Å². The van der Waals surface area contributed by atoms with Crippen molar-refractivity contribution in [2.75, 3.05) is 13.1 Å². The van der Waals surface area contributed by atoms with E-state index in [0.29, 0.717) is 12.6 Å². The molecule has 0 saturated heterocycles. The Hall–Kier alpha value is -1.43. The van der Waals surface area contributed by atoms with Crippen LogP contribution in [-0.2, 0) is 9.59 Å². The number of nitrogens with zero attached hydrogens (tertiary/aromatic N) is 1. The van der Waals surface area contributed by atoms with Crippen LogP contribution in [0, 0.1) is 0 Å². The van der Waals surface area contributed by atoms with E-state index in [9.17, 15) is 14.4 Å². The van der Waals surface area contributed by atoms with Gasteiger partial charge in [-0.25, -0.2) is 9.80 Å². The van der Waals surface area contributed by atoms with Gasteiger partial charge in [-0.15, -0.1) is 0 Å². The summed E-state index contributed by atoms with van der Waals surface area (Å²) in [5.74, 6) is 0. The minimum Gasteiger partial charge on any atom is -0.351 e. The van der Waals surface area contributed by atoms with E-state index in [2.05, 4.69) is 5.43 Å². The third-order valence-corrected chi connectivity index (χ3v) is 0.858. The molecule has 0 atom stereocenters. The van der Waals surface area contributed by atoms with E-state index in [0.717, 1.165) is 5.01 Å². The van der Waals surface area contributed by atoms with Crippen LogP contribution >= 0.6 is 0 Å². The standard InChI is InChI=1S/C5H9N3O3/c6-5(11)7-8(1-3-9)2-4-10/h3-4H,1-2H2,(H3,6,7,11). The Balaban J connectivity index is 3.76. The number of carbonyl (C=O) groups is 3. The van der Waals surface area contributed by atoms with Crippen molar-refractivity contribution in [3.05, 3.63) is 0 Å². The van der Waals surface area contributed by atoms with E-state index in [1.165, 1.54) is 0 Å². The van der Waals surface area contributed by atoms with Gasteiger partial charge < -0.3 is 15.3 Å². The highest BCUT2D eigenvalue weighted by Gasteiger charge is 2.03. The van der Waals surface area contributed by atoms with Crippen molar-refractivity contribution in [1.82, 2.24) is 10.4 Å². The maximum Gasteiger partial charge on any atom is 0.326 e. The molecule has 6 heteroatoms. The molecule has 11 heavy (non-hydrogen) atoms. The van der Waals surface area contributed by atoms with Crippen molar-refractivity contribution in [3.63, 3.8) is 0 Å². The Labute approximate surface area is 63.3 Å². The largest absolute Gasteiger partial charge is 0.351 e. The van der Waals surface area contributed by atoms with Crippen LogP contribution in [0.4, 0.5) is 4.79 Å². The Morgan fingerprint density at radius 3 is 2.09 bits per heavy atom. The van der Waals surface area contributed by atoms with Gasteiger partial charge >= 0.3 is 6.03 Å². The Bertz CT molecular complexity index is 149. The molecule has 0 heterocycles. The van der Waals surface area contributed by atoms with E-state index < -0.39 is 6.03 Å². The maximum absolute atomic E-state index is 10.2. The number of amides is 2. The summed E-state index contributed by atoms with van der Waals surface area (Å²) in [5, 5.41) is 1.10. The zero-order valence-electron chi connectivity index (χ0n) is 5.82. The lowest BCUT2D eigenvalue weighted by Gasteiger charge is -2.15. The summed E-state index contributed by atoms with van der Waals surface area (Å²) in [7, 11) is 0. The fourth-order valence-electron chi connectivity index (χ4n) is 0.502. The van der Waals surface area contributed by atoms with E-state index in [1.54, 1.807) is 0 Å². The van der Waals surface area contributed by atoms with Crippen molar-refractivity contribution < 1.29 is 14.4 Å². The third kappa shape index (κ3) is 5.04. The number of nitrogens with two attached hydrogens (primary N) is 1. The third-order valence-electron chi connectivity index (χ3n) is 0.858. The zero-order chi connectivity index (χ0) is 8.69. The summed E-state index contributed by atoms with van der Waals surface area (Å²) in [6.07, 6.45) is 1.11. The van der Waals surface area contributed by atoms with Crippen LogP contribution in [0.2, 0.25) is 0 Å². The van der Waals surface area contributed by atoms with Gasteiger partial charge in [0.2, 0.25) is 0 Å².